The zero-order valence-electron chi connectivity index (χ0n) is 14.0. The van der Waals surface area contributed by atoms with E-state index >= 15 is 0 Å². The number of phenols is 1. The van der Waals surface area contributed by atoms with Gasteiger partial charge in [-0.05, 0) is 48.4 Å². The van der Waals surface area contributed by atoms with Crippen molar-refractivity contribution in [2.45, 2.75) is 19.3 Å². The average Bonchev–Trinajstić information content (AvgIpc) is 3.17. The zero-order valence-corrected chi connectivity index (χ0v) is 14.0. The van der Waals surface area contributed by atoms with Gasteiger partial charge in [0.15, 0.2) is 0 Å². The molecule has 0 radical (unpaired) electrons. The summed E-state index contributed by atoms with van der Waals surface area (Å²) in [6, 6.07) is 7.14. The molecule has 6 nitrogen and oxygen atoms in total. The van der Waals surface area contributed by atoms with E-state index in [9.17, 15) is 9.90 Å². The number of amides is 2. The average molecular weight is 328 g/mol. The van der Waals surface area contributed by atoms with Crippen LogP contribution in [0.4, 0.5) is 4.79 Å². The van der Waals surface area contributed by atoms with Gasteiger partial charge in [0, 0.05) is 32.9 Å². The van der Waals surface area contributed by atoms with Crippen molar-refractivity contribution < 1.29 is 9.90 Å². The van der Waals surface area contributed by atoms with Crippen LogP contribution in [0.3, 0.4) is 0 Å². The summed E-state index contributed by atoms with van der Waals surface area (Å²) in [5.74, 6) is 0.766. The van der Waals surface area contributed by atoms with Gasteiger partial charge in [-0.25, -0.2) is 4.79 Å². The Kier molecular flexibility index (Phi) is 5.03. The maximum atomic E-state index is 12.3. The lowest BCUT2D eigenvalue weighted by molar-refractivity contribution is 0.207. The highest BCUT2D eigenvalue weighted by Crippen LogP contribution is 2.20. The molecular weight excluding hydrogens is 304 g/mol. The number of hydrogen-bond acceptors (Lipinski definition) is 3. The number of aromatic nitrogens is 2. The van der Waals surface area contributed by atoms with E-state index in [-0.39, 0.29) is 11.8 Å². The second-order valence-electron chi connectivity index (χ2n) is 6.48. The van der Waals surface area contributed by atoms with Crippen molar-refractivity contribution in [1.82, 2.24) is 20.0 Å². The minimum atomic E-state index is 0.00356. The van der Waals surface area contributed by atoms with Crippen LogP contribution in [0.5, 0.6) is 5.75 Å². The lowest BCUT2D eigenvalue weighted by atomic mass is 10.0. The highest BCUT2D eigenvalue weighted by molar-refractivity contribution is 5.74. The van der Waals surface area contributed by atoms with Gasteiger partial charge >= 0.3 is 6.03 Å². The Morgan fingerprint density at radius 2 is 2.29 bits per heavy atom. The third kappa shape index (κ3) is 4.28. The summed E-state index contributed by atoms with van der Waals surface area (Å²) in [5, 5.41) is 16.6. The lowest BCUT2D eigenvalue weighted by Gasteiger charge is -2.17. The van der Waals surface area contributed by atoms with Gasteiger partial charge in [0.05, 0.1) is 6.20 Å². The molecule has 0 aliphatic carbocycles. The normalized spacial score (nSPS) is 17.2. The van der Waals surface area contributed by atoms with Gasteiger partial charge in [0.1, 0.15) is 5.75 Å². The molecule has 1 aliphatic rings. The molecule has 2 aromatic rings. The number of rotatable bonds is 5. The van der Waals surface area contributed by atoms with Crippen LogP contribution >= 0.6 is 0 Å². The van der Waals surface area contributed by atoms with Gasteiger partial charge in [-0.3, -0.25) is 4.68 Å². The second-order valence-corrected chi connectivity index (χ2v) is 6.48. The molecule has 3 rings (SSSR count). The fourth-order valence-electron chi connectivity index (χ4n) is 3.23. The molecule has 0 saturated carbocycles. The first-order chi connectivity index (χ1) is 11.6. The molecule has 24 heavy (non-hydrogen) atoms. The first-order valence-corrected chi connectivity index (χ1v) is 8.38. The Hall–Kier alpha value is -2.50. The van der Waals surface area contributed by atoms with E-state index in [2.05, 4.69) is 10.4 Å². The lowest BCUT2D eigenvalue weighted by Crippen LogP contribution is -2.39. The maximum Gasteiger partial charge on any atom is 0.317 e. The highest BCUT2D eigenvalue weighted by Gasteiger charge is 2.26. The molecule has 1 aliphatic heterocycles. The standard InChI is InChI=1S/C18H24N4O2/c1-21-12-16(11-20-21)9-15-6-8-22(13-15)18(24)19-7-5-14-3-2-4-17(23)10-14/h2-4,10-12,15,23H,5-9,13H2,1H3,(H,19,24)/t15-/m1/s1. The van der Waals surface area contributed by atoms with Crippen LogP contribution in [0, 0.1) is 5.92 Å². The summed E-state index contributed by atoms with van der Waals surface area (Å²) in [4.78, 5) is 14.1. The molecule has 6 heteroatoms. The molecule has 1 aromatic carbocycles. The fraction of sp³-hybridized carbons (Fsp3) is 0.444. The van der Waals surface area contributed by atoms with Crippen molar-refractivity contribution in [2.24, 2.45) is 13.0 Å². The number of likely N-dealkylation sites (tertiary alicyclic amines) is 1. The maximum absolute atomic E-state index is 12.3. The van der Waals surface area contributed by atoms with Crippen molar-refractivity contribution in [3.63, 3.8) is 0 Å². The molecule has 0 spiro atoms. The van der Waals surface area contributed by atoms with Gasteiger partial charge < -0.3 is 15.3 Å². The van der Waals surface area contributed by atoms with Crippen LogP contribution < -0.4 is 5.32 Å². The van der Waals surface area contributed by atoms with E-state index in [1.807, 2.05) is 41.2 Å². The van der Waals surface area contributed by atoms with E-state index in [1.165, 1.54) is 5.56 Å². The monoisotopic (exact) mass is 328 g/mol. The molecule has 1 aromatic heterocycles. The van der Waals surface area contributed by atoms with Crippen LogP contribution in [0.25, 0.3) is 0 Å². The second kappa shape index (κ2) is 7.38. The molecule has 1 atom stereocenters. The highest BCUT2D eigenvalue weighted by atomic mass is 16.3. The molecular formula is C18H24N4O2. The number of hydrogen-bond donors (Lipinski definition) is 2. The van der Waals surface area contributed by atoms with Crippen LogP contribution in [0.1, 0.15) is 17.5 Å². The number of urea groups is 1. The third-order valence-corrected chi connectivity index (χ3v) is 4.46. The minimum Gasteiger partial charge on any atom is -0.508 e. The van der Waals surface area contributed by atoms with Crippen LogP contribution in [-0.2, 0) is 19.9 Å². The van der Waals surface area contributed by atoms with Crippen molar-refractivity contribution in [3.05, 3.63) is 47.8 Å². The molecule has 2 N–H and O–H groups in total. The Morgan fingerprint density at radius 1 is 1.42 bits per heavy atom. The zero-order chi connectivity index (χ0) is 16.9. The smallest absolute Gasteiger partial charge is 0.317 e. The van der Waals surface area contributed by atoms with Crippen LogP contribution in [0.15, 0.2) is 36.7 Å². The molecule has 0 bridgehead atoms. The molecule has 0 unspecified atom stereocenters. The van der Waals surface area contributed by atoms with Gasteiger partial charge in [0.2, 0.25) is 0 Å². The number of nitrogens with zero attached hydrogens (tertiary/aromatic N) is 3. The van der Waals surface area contributed by atoms with Crippen molar-refractivity contribution >= 4 is 6.03 Å². The molecule has 1 fully saturated rings. The van der Waals surface area contributed by atoms with Crippen molar-refractivity contribution in [2.75, 3.05) is 19.6 Å². The molecule has 1 saturated heterocycles. The number of carbonyl (C=O) groups excluding carboxylic acids is 1. The summed E-state index contributed by atoms with van der Waals surface area (Å²) < 4.78 is 1.82. The van der Waals surface area contributed by atoms with E-state index in [1.54, 1.807) is 12.1 Å². The van der Waals surface area contributed by atoms with Gasteiger partial charge in [-0.15, -0.1) is 0 Å². The number of aromatic hydroxyl groups is 1. The fourth-order valence-corrected chi connectivity index (χ4v) is 3.23. The predicted molar refractivity (Wildman–Crippen MR) is 91.8 cm³/mol. The summed E-state index contributed by atoms with van der Waals surface area (Å²) in [6.07, 6.45) is 6.67. The molecule has 128 valence electrons. The van der Waals surface area contributed by atoms with Crippen molar-refractivity contribution in [1.29, 1.82) is 0 Å². The summed E-state index contributed by atoms with van der Waals surface area (Å²) >= 11 is 0. The first-order valence-electron chi connectivity index (χ1n) is 8.38. The number of phenolic OH excluding ortho intramolecular Hbond substituents is 1. The van der Waals surface area contributed by atoms with Gasteiger partial charge in [-0.1, -0.05) is 12.1 Å². The number of nitrogens with one attached hydrogen (secondary N) is 1. The van der Waals surface area contributed by atoms with Gasteiger partial charge in [0.25, 0.3) is 0 Å². The number of benzene rings is 1. The summed E-state index contributed by atoms with van der Waals surface area (Å²) in [5.41, 5.74) is 2.25. The number of aryl methyl sites for hydroxylation is 1. The molecule has 2 amide bonds. The minimum absolute atomic E-state index is 0.00356. The topological polar surface area (TPSA) is 70.4 Å². The third-order valence-electron chi connectivity index (χ3n) is 4.46. The van der Waals surface area contributed by atoms with Crippen molar-refractivity contribution in [3.8, 4) is 5.75 Å². The number of carbonyl (C=O) groups is 1. The Bertz CT molecular complexity index is 698. The quantitative estimate of drug-likeness (QED) is 0.881. The Labute approximate surface area is 142 Å². The van der Waals surface area contributed by atoms with E-state index in [4.69, 9.17) is 0 Å². The van der Waals surface area contributed by atoms with E-state index in [0.29, 0.717) is 18.9 Å². The van der Waals surface area contributed by atoms with E-state index in [0.717, 1.165) is 31.5 Å². The van der Waals surface area contributed by atoms with Crippen LogP contribution in [0.2, 0.25) is 0 Å². The predicted octanol–water partition coefficient (Wildman–Crippen LogP) is 1.94. The van der Waals surface area contributed by atoms with E-state index < -0.39 is 0 Å². The molecule has 2 heterocycles. The SMILES string of the molecule is Cn1cc(C[C@H]2CCN(C(=O)NCCc3cccc(O)c3)C2)cn1. The van der Waals surface area contributed by atoms with Crippen LogP contribution in [-0.4, -0.2) is 45.5 Å². The largest absolute Gasteiger partial charge is 0.508 e. The Balaban J connectivity index is 1.41. The summed E-state index contributed by atoms with van der Waals surface area (Å²) in [6.45, 7) is 2.18. The van der Waals surface area contributed by atoms with Gasteiger partial charge in [-0.2, -0.15) is 5.10 Å². The first kappa shape index (κ1) is 16.4. The Morgan fingerprint density at radius 3 is 3.04 bits per heavy atom. The summed E-state index contributed by atoms with van der Waals surface area (Å²) in [7, 11) is 1.92.